The minimum absolute atomic E-state index is 0.186. The number of benzene rings is 2. The van der Waals surface area contributed by atoms with Crippen molar-refractivity contribution < 1.29 is 17.9 Å². The molecule has 0 amide bonds. The Hall–Kier alpha value is -2.58. The summed E-state index contributed by atoms with van der Waals surface area (Å²) >= 11 is 1.20. The number of hydrogen-bond donors (Lipinski definition) is 1. The van der Waals surface area contributed by atoms with Gasteiger partial charge in [0.15, 0.2) is 5.13 Å². The molecule has 2 aromatic carbocycles. The summed E-state index contributed by atoms with van der Waals surface area (Å²) in [6.07, 6.45) is 0. The molecular formula is C17H16N2O4S2. The zero-order chi connectivity index (χ0) is 17.9. The quantitative estimate of drug-likeness (QED) is 0.711. The minimum Gasteiger partial charge on any atom is -0.497 e. The second kappa shape index (κ2) is 7.12. The van der Waals surface area contributed by atoms with Gasteiger partial charge in [-0.05, 0) is 30.3 Å². The summed E-state index contributed by atoms with van der Waals surface area (Å²) in [6, 6.07) is 13.5. The van der Waals surface area contributed by atoms with Gasteiger partial charge < -0.3 is 9.47 Å². The Morgan fingerprint density at radius 2 is 1.80 bits per heavy atom. The van der Waals surface area contributed by atoms with Crippen LogP contribution in [0.5, 0.6) is 11.5 Å². The molecule has 8 heteroatoms. The van der Waals surface area contributed by atoms with Crippen LogP contribution < -0.4 is 14.2 Å². The number of anilines is 1. The van der Waals surface area contributed by atoms with E-state index in [0.29, 0.717) is 17.2 Å². The van der Waals surface area contributed by atoms with Gasteiger partial charge in [-0.1, -0.05) is 18.2 Å². The van der Waals surface area contributed by atoms with Gasteiger partial charge in [-0.2, -0.15) is 0 Å². The Labute approximate surface area is 150 Å². The molecule has 0 radical (unpaired) electrons. The molecule has 0 aliphatic carbocycles. The van der Waals surface area contributed by atoms with Crippen LogP contribution >= 0.6 is 11.3 Å². The smallest absolute Gasteiger partial charge is 0.263 e. The zero-order valence-corrected chi connectivity index (χ0v) is 15.2. The number of ether oxygens (including phenoxy) is 2. The SMILES string of the molecule is COc1ccc(OC)c(-c2csc(NS(=O)(=O)c3ccccc3)n2)c1. The number of nitrogens with one attached hydrogen (secondary N) is 1. The van der Waals surface area contributed by atoms with Crippen LogP contribution in [-0.4, -0.2) is 27.6 Å². The van der Waals surface area contributed by atoms with Crippen molar-refractivity contribution in [1.29, 1.82) is 0 Å². The van der Waals surface area contributed by atoms with Gasteiger partial charge in [0.25, 0.3) is 10.0 Å². The summed E-state index contributed by atoms with van der Waals surface area (Å²) in [4.78, 5) is 4.55. The molecule has 130 valence electrons. The van der Waals surface area contributed by atoms with E-state index in [1.165, 1.54) is 23.5 Å². The molecule has 6 nitrogen and oxygen atoms in total. The first-order chi connectivity index (χ1) is 12.0. The number of thiazole rings is 1. The molecule has 3 rings (SSSR count). The largest absolute Gasteiger partial charge is 0.497 e. The number of aromatic nitrogens is 1. The van der Waals surface area contributed by atoms with Crippen molar-refractivity contribution in [2.75, 3.05) is 18.9 Å². The van der Waals surface area contributed by atoms with Crippen molar-refractivity contribution >= 4 is 26.5 Å². The van der Waals surface area contributed by atoms with Crippen molar-refractivity contribution in [3.63, 3.8) is 0 Å². The van der Waals surface area contributed by atoms with Crippen molar-refractivity contribution in [3.8, 4) is 22.8 Å². The summed E-state index contributed by atoms with van der Waals surface area (Å²) in [5.74, 6) is 1.29. The fourth-order valence-corrected chi connectivity index (χ4v) is 4.22. The van der Waals surface area contributed by atoms with Crippen molar-refractivity contribution in [3.05, 3.63) is 53.9 Å². The molecule has 3 aromatic rings. The van der Waals surface area contributed by atoms with E-state index < -0.39 is 10.0 Å². The van der Waals surface area contributed by atoms with Crippen LogP contribution in [0.3, 0.4) is 0 Å². The highest BCUT2D eigenvalue weighted by atomic mass is 32.2. The lowest BCUT2D eigenvalue weighted by atomic mass is 10.1. The lowest BCUT2D eigenvalue weighted by molar-refractivity contribution is 0.404. The number of nitrogens with zero attached hydrogens (tertiary/aromatic N) is 1. The maximum absolute atomic E-state index is 12.4. The predicted octanol–water partition coefficient (Wildman–Crippen LogP) is 3.63. The van der Waals surface area contributed by atoms with E-state index in [0.717, 1.165) is 5.56 Å². The van der Waals surface area contributed by atoms with E-state index >= 15 is 0 Å². The second-order valence-corrected chi connectivity index (χ2v) is 7.56. The Morgan fingerprint density at radius 1 is 1.04 bits per heavy atom. The lowest BCUT2D eigenvalue weighted by Crippen LogP contribution is -2.12. The molecule has 0 atom stereocenters. The van der Waals surface area contributed by atoms with E-state index in [2.05, 4.69) is 9.71 Å². The average molecular weight is 376 g/mol. The van der Waals surface area contributed by atoms with Crippen LogP contribution in [0, 0.1) is 0 Å². The Morgan fingerprint density at radius 3 is 2.48 bits per heavy atom. The van der Waals surface area contributed by atoms with Crippen molar-refractivity contribution in [2.24, 2.45) is 0 Å². The van der Waals surface area contributed by atoms with Gasteiger partial charge in [0.05, 0.1) is 24.8 Å². The van der Waals surface area contributed by atoms with E-state index in [4.69, 9.17) is 9.47 Å². The van der Waals surface area contributed by atoms with Crippen LogP contribution in [0.25, 0.3) is 11.3 Å². The first-order valence-electron chi connectivity index (χ1n) is 7.29. The fraction of sp³-hybridized carbons (Fsp3) is 0.118. The monoisotopic (exact) mass is 376 g/mol. The fourth-order valence-electron chi connectivity index (χ4n) is 2.23. The molecule has 0 aliphatic heterocycles. The predicted molar refractivity (Wildman–Crippen MR) is 97.9 cm³/mol. The van der Waals surface area contributed by atoms with Crippen LogP contribution in [0.4, 0.5) is 5.13 Å². The second-order valence-electron chi connectivity index (χ2n) is 5.02. The molecule has 0 spiro atoms. The van der Waals surface area contributed by atoms with Gasteiger partial charge >= 0.3 is 0 Å². The third kappa shape index (κ3) is 3.75. The van der Waals surface area contributed by atoms with Crippen LogP contribution in [0.1, 0.15) is 0 Å². The van der Waals surface area contributed by atoms with Crippen molar-refractivity contribution in [2.45, 2.75) is 4.90 Å². The third-order valence-corrected chi connectivity index (χ3v) is 5.70. The first-order valence-corrected chi connectivity index (χ1v) is 9.65. The Kier molecular flexibility index (Phi) is 4.91. The molecule has 0 saturated carbocycles. The molecule has 0 aliphatic rings. The van der Waals surface area contributed by atoms with Gasteiger partial charge in [-0.15, -0.1) is 11.3 Å². The zero-order valence-electron chi connectivity index (χ0n) is 13.6. The van der Waals surface area contributed by atoms with Gasteiger partial charge in [0.2, 0.25) is 0 Å². The molecule has 0 fully saturated rings. The summed E-state index contributed by atoms with van der Waals surface area (Å²) in [5, 5.41) is 2.05. The maximum atomic E-state index is 12.4. The van der Waals surface area contributed by atoms with Crippen molar-refractivity contribution in [1.82, 2.24) is 4.98 Å². The van der Waals surface area contributed by atoms with Gasteiger partial charge in [-0.25, -0.2) is 13.4 Å². The number of methoxy groups -OCH3 is 2. The number of rotatable bonds is 6. The van der Waals surface area contributed by atoms with Gasteiger partial charge in [0.1, 0.15) is 11.5 Å². The minimum atomic E-state index is -3.67. The van der Waals surface area contributed by atoms with Crippen LogP contribution in [0.2, 0.25) is 0 Å². The molecule has 1 N–H and O–H groups in total. The normalized spacial score (nSPS) is 11.1. The summed E-state index contributed by atoms with van der Waals surface area (Å²) in [5.41, 5.74) is 1.33. The highest BCUT2D eigenvalue weighted by Crippen LogP contribution is 2.35. The molecule has 0 saturated heterocycles. The lowest BCUT2D eigenvalue weighted by Gasteiger charge is -2.08. The topological polar surface area (TPSA) is 77.5 Å². The highest BCUT2D eigenvalue weighted by molar-refractivity contribution is 7.93. The number of hydrogen-bond acceptors (Lipinski definition) is 6. The molecule has 0 bridgehead atoms. The van der Waals surface area contributed by atoms with Crippen LogP contribution in [0.15, 0.2) is 58.8 Å². The average Bonchev–Trinajstić information content (AvgIpc) is 3.09. The highest BCUT2D eigenvalue weighted by Gasteiger charge is 2.17. The summed E-state index contributed by atoms with van der Waals surface area (Å²) in [7, 11) is -0.527. The van der Waals surface area contributed by atoms with E-state index in [9.17, 15) is 8.42 Å². The van der Waals surface area contributed by atoms with E-state index in [-0.39, 0.29) is 10.0 Å². The molecule has 1 heterocycles. The van der Waals surface area contributed by atoms with E-state index in [1.54, 1.807) is 56.0 Å². The summed E-state index contributed by atoms with van der Waals surface area (Å²) < 4.78 is 37.8. The molecular weight excluding hydrogens is 360 g/mol. The Balaban J connectivity index is 1.91. The van der Waals surface area contributed by atoms with Gasteiger partial charge in [0, 0.05) is 10.9 Å². The summed E-state index contributed by atoms with van der Waals surface area (Å²) in [6.45, 7) is 0. The molecule has 0 unspecified atom stereocenters. The third-order valence-electron chi connectivity index (χ3n) is 3.46. The molecule has 1 aromatic heterocycles. The van der Waals surface area contributed by atoms with Gasteiger partial charge in [-0.3, -0.25) is 4.72 Å². The maximum Gasteiger partial charge on any atom is 0.263 e. The molecule has 25 heavy (non-hydrogen) atoms. The first kappa shape index (κ1) is 17.2. The standard InChI is InChI=1S/C17H16N2O4S2/c1-22-12-8-9-16(23-2)14(10-12)15-11-24-17(18-15)19-25(20,21)13-6-4-3-5-7-13/h3-11H,1-2H3,(H,18,19). The number of sulfonamides is 1. The van der Waals surface area contributed by atoms with Crippen LogP contribution in [-0.2, 0) is 10.0 Å². The Bertz CT molecular complexity index is 969. The van der Waals surface area contributed by atoms with E-state index in [1.807, 2.05) is 0 Å².